The molecule has 3 unspecified atom stereocenters. The average Bonchev–Trinajstić information content (AvgIpc) is 2.78. The SMILES string of the molecule is CCNC(Cc1ccc(F)cc1F)C1CCOC1C. The molecule has 1 aliphatic rings. The molecule has 0 aliphatic carbocycles. The lowest BCUT2D eigenvalue weighted by atomic mass is 9.88. The van der Waals surface area contributed by atoms with E-state index in [-0.39, 0.29) is 12.1 Å². The summed E-state index contributed by atoms with van der Waals surface area (Å²) in [5, 5.41) is 3.40. The largest absolute Gasteiger partial charge is 0.378 e. The van der Waals surface area contributed by atoms with Gasteiger partial charge in [0.05, 0.1) is 6.10 Å². The molecule has 1 saturated heterocycles. The molecule has 1 aromatic rings. The molecule has 1 aromatic carbocycles. The first-order valence-corrected chi connectivity index (χ1v) is 6.90. The minimum atomic E-state index is -0.529. The van der Waals surface area contributed by atoms with Crippen molar-refractivity contribution in [1.82, 2.24) is 5.32 Å². The van der Waals surface area contributed by atoms with Crippen LogP contribution in [-0.4, -0.2) is 25.3 Å². The maximum atomic E-state index is 13.7. The topological polar surface area (TPSA) is 21.3 Å². The number of hydrogen-bond donors (Lipinski definition) is 1. The number of nitrogens with one attached hydrogen (secondary N) is 1. The van der Waals surface area contributed by atoms with Crippen LogP contribution in [0.4, 0.5) is 8.78 Å². The predicted molar refractivity (Wildman–Crippen MR) is 71.0 cm³/mol. The van der Waals surface area contributed by atoms with E-state index >= 15 is 0 Å². The summed E-state index contributed by atoms with van der Waals surface area (Å²) in [5.74, 6) is -0.613. The number of ether oxygens (including phenoxy) is 1. The van der Waals surface area contributed by atoms with E-state index in [1.54, 1.807) is 0 Å². The maximum Gasteiger partial charge on any atom is 0.129 e. The van der Waals surface area contributed by atoms with E-state index in [1.165, 1.54) is 12.1 Å². The van der Waals surface area contributed by atoms with Crippen LogP contribution in [0, 0.1) is 17.6 Å². The molecule has 1 fully saturated rings. The fourth-order valence-corrected chi connectivity index (χ4v) is 2.84. The van der Waals surface area contributed by atoms with Crippen LogP contribution in [0.25, 0.3) is 0 Å². The van der Waals surface area contributed by atoms with Crippen molar-refractivity contribution in [2.75, 3.05) is 13.2 Å². The van der Waals surface area contributed by atoms with Crippen molar-refractivity contribution in [1.29, 1.82) is 0 Å². The molecule has 0 spiro atoms. The molecule has 4 heteroatoms. The molecular weight excluding hydrogens is 248 g/mol. The summed E-state index contributed by atoms with van der Waals surface area (Å²) in [5.41, 5.74) is 0.562. The van der Waals surface area contributed by atoms with E-state index in [4.69, 9.17) is 4.74 Å². The number of likely N-dealkylation sites (N-methyl/N-ethyl adjacent to an activating group) is 1. The molecular formula is C15H21F2NO. The zero-order valence-electron chi connectivity index (χ0n) is 11.5. The van der Waals surface area contributed by atoms with Crippen LogP contribution in [0.5, 0.6) is 0 Å². The van der Waals surface area contributed by atoms with Gasteiger partial charge in [0.2, 0.25) is 0 Å². The van der Waals surface area contributed by atoms with E-state index in [1.807, 2.05) is 6.92 Å². The second-order valence-electron chi connectivity index (χ2n) is 5.13. The smallest absolute Gasteiger partial charge is 0.129 e. The van der Waals surface area contributed by atoms with Crippen LogP contribution in [0.2, 0.25) is 0 Å². The summed E-state index contributed by atoms with van der Waals surface area (Å²) >= 11 is 0. The second kappa shape index (κ2) is 6.44. The maximum absolute atomic E-state index is 13.7. The molecule has 1 aliphatic heterocycles. The van der Waals surface area contributed by atoms with Gasteiger partial charge in [0.1, 0.15) is 11.6 Å². The minimum Gasteiger partial charge on any atom is -0.378 e. The van der Waals surface area contributed by atoms with Crippen molar-refractivity contribution in [3.63, 3.8) is 0 Å². The zero-order valence-corrected chi connectivity index (χ0v) is 11.5. The third-order valence-electron chi connectivity index (χ3n) is 3.87. The highest BCUT2D eigenvalue weighted by molar-refractivity contribution is 5.20. The normalized spacial score (nSPS) is 24.6. The second-order valence-corrected chi connectivity index (χ2v) is 5.13. The van der Waals surface area contributed by atoms with Gasteiger partial charge in [-0.05, 0) is 37.9 Å². The van der Waals surface area contributed by atoms with Gasteiger partial charge in [0.25, 0.3) is 0 Å². The Balaban J connectivity index is 2.11. The highest BCUT2D eigenvalue weighted by Crippen LogP contribution is 2.26. The molecule has 2 nitrogen and oxygen atoms in total. The van der Waals surface area contributed by atoms with Crippen molar-refractivity contribution in [3.05, 3.63) is 35.4 Å². The molecule has 0 saturated carbocycles. The first-order valence-electron chi connectivity index (χ1n) is 6.90. The van der Waals surface area contributed by atoms with Gasteiger partial charge in [-0.2, -0.15) is 0 Å². The summed E-state index contributed by atoms with van der Waals surface area (Å²) in [6.45, 7) is 5.69. The lowest BCUT2D eigenvalue weighted by Gasteiger charge is -2.27. The van der Waals surface area contributed by atoms with Crippen LogP contribution in [0.3, 0.4) is 0 Å². The monoisotopic (exact) mass is 269 g/mol. The van der Waals surface area contributed by atoms with Gasteiger partial charge in [-0.15, -0.1) is 0 Å². The molecule has 0 radical (unpaired) electrons. The summed E-state index contributed by atoms with van der Waals surface area (Å²) in [6.07, 6.45) is 1.74. The Bertz CT molecular complexity index is 425. The van der Waals surface area contributed by atoms with Gasteiger partial charge < -0.3 is 10.1 Å². The first-order chi connectivity index (χ1) is 9.11. The van der Waals surface area contributed by atoms with E-state index in [2.05, 4.69) is 12.2 Å². The van der Waals surface area contributed by atoms with E-state index in [0.717, 1.165) is 25.6 Å². The van der Waals surface area contributed by atoms with Gasteiger partial charge in [-0.3, -0.25) is 0 Å². The summed E-state index contributed by atoms with van der Waals surface area (Å²) < 4.78 is 32.2. The van der Waals surface area contributed by atoms with Gasteiger partial charge in [-0.25, -0.2) is 8.78 Å². The van der Waals surface area contributed by atoms with Crippen molar-refractivity contribution in [2.45, 2.75) is 38.8 Å². The van der Waals surface area contributed by atoms with E-state index < -0.39 is 11.6 Å². The van der Waals surface area contributed by atoms with Gasteiger partial charge >= 0.3 is 0 Å². The Kier molecular flexibility index (Phi) is 4.88. The molecule has 19 heavy (non-hydrogen) atoms. The van der Waals surface area contributed by atoms with E-state index in [9.17, 15) is 8.78 Å². The van der Waals surface area contributed by atoms with Gasteiger partial charge in [0, 0.05) is 24.6 Å². The third-order valence-corrected chi connectivity index (χ3v) is 3.87. The lowest BCUT2D eigenvalue weighted by Crippen LogP contribution is -2.41. The minimum absolute atomic E-state index is 0.169. The third kappa shape index (κ3) is 3.51. The van der Waals surface area contributed by atoms with Crippen LogP contribution >= 0.6 is 0 Å². The van der Waals surface area contributed by atoms with Crippen LogP contribution in [0.15, 0.2) is 18.2 Å². The lowest BCUT2D eigenvalue weighted by molar-refractivity contribution is 0.0955. The van der Waals surface area contributed by atoms with E-state index in [0.29, 0.717) is 17.9 Å². The van der Waals surface area contributed by atoms with Crippen LogP contribution in [0.1, 0.15) is 25.8 Å². The van der Waals surface area contributed by atoms with Crippen molar-refractivity contribution in [2.24, 2.45) is 5.92 Å². The average molecular weight is 269 g/mol. The molecule has 0 bridgehead atoms. The Morgan fingerprint density at radius 2 is 2.21 bits per heavy atom. The number of halogens is 2. The highest BCUT2D eigenvalue weighted by atomic mass is 19.1. The molecule has 2 rings (SSSR count). The fourth-order valence-electron chi connectivity index (χ4n) is 2.84. The Morgan fingerprint density at radius 1 is 1.42 bits per heavy atom. The summed E-state index contributed by atoms with van der Waals surface area (Å²) in [4.78, 5) is 0. The Labute approximate surface area is 113 Å². The van der Waals surface area contributed by atoms with Crippen molar-refractivity contribution >= 4 is 0 Å². The molecule has 1 N–H and O–H groups in total. The van der Waals surface area contributed by atoms with Gasteiger partial charge in [-0.1, -0.05) is 13.0 Å². The molecule has 3 atom stereocenters. The number of rotatable bonds is 5. The Morgan fingerprint density at radius 3 is 2.79 bits per heavy atom. The fraction of sp³-hybridized carbons (Fsp3) is 0.600. The quantitative estimate of drug-likeness (QED) is 0.887. The number of benzene rings is 1. The predicted octanol–water partition coefficient (Wildman–Crippen LogP) is 2.91. The standard InChI is InChI=1S/C15H21F2NO/c1-3-18-15(13-6-7-19-10(13)2)8-11-4-5-12(16)9-14(11)17/h4-5,9-10,13,15,18H,3,6-8H2,1-2H3. The van der Waals surface area contributed by atoms with Crippen molar-refractivity contribution < 1.29 is 13.5 Å². The molecule has 106 valence electrons. The summed E-state index contributed by atoms with van der Waals surface area (Å²) in [6, 6.07) is 3.97. The summed E-state index contributed by atoms with van der Waals surface area (Å²) in [7, 11) is 0. The first kappa shape index (κ1) is 14.4. The molecule has 0 aromatic heterocycles. The van der Waals surface area contributed by atoms with Gasteiger partial charge in [0.15, 0.2) is 0 Å². The van der Waals surface area contributed by atoms with Crippen molar-refractivity contribution in [3.8, 4) is 0 Å². The van der Waals surface area contributed by atoms with Crippen LogP contribution < -0.4 is 5.32 Å². The molecule has 0 amide bonds. The highest BCUT2D eigenvalue weighted by Gasteiger charge is 2.31. The number of hydrogen-bond acceptors (Lipinski definition) is 2. The van der Waals surface area contributed by atoms with Crippen LogP contribution in [-0.2, 0) is 11.2 Å². The molecule has 1 heterocycles. The zero-order chi connectivity index (χ0) is 13.8. The Hall–Kier alpha value is -1.00.